The van der Waals surface area contributed by atoms with Gasteiger partial charge in [0.2, 0.25) is 0 Å². The first kappa shape index (κ1) is 10.1. The summed E-state index contributed by atoms with van der Waals surface area (Å²) in [6.45, 7) is 4.06. The Morgan fingerprint density at radius 3 is 3.00 bits per heavy atom. The topological polar surface area (TPSA) is 54.2 Å². The minimum absolute atomic E-state index is 0.544. The molecule has 0 spiro atoms. The van der Waals surface area contributed by atoms with Crippen molar-refractivity contribution in [3.63, 3.8) is 0 Å². The molecule has 3 rings (SSSR count). The zero-order valence-electron chi connectivity index (χ0n) is 9.65. The maximum Gasteiger partial charge on any atom is 0.324 e. The van der Waals surface area contributed by atoms with Gasteiger partial charge in [-0.3, -0.25) is 0 Å². The van der Waals surface area contributed by atoms with Gasteiger partial charge < -0.3 is 14.7 Å². The largest absolute Gasteiger partial charge is 0.324 e. The van der Waals surface area contributed by atoms with E-state index in [-0.39, 0.29) is 0 Å². The summed E-state index contributed by atoms with van der Waals surface area (Å²) in [6.07, 6.45) is 5.02. The van der Waals surface area contributed by atoms with Gasteiger partial charge in [-0.1, -0.05) is 5.16 Å². The Hall–Kier alpha value is -1.10. The number of nitrogens with zero attached hydrogens (tertiary/aromatic N) is 3. The van der Waals surface area contributed by atoms with Crippen LogP contribution in [0.3, 0.4) is 0 Å². The van der Waals surface area contributed by atoms with Crippen molar-refractivity contribution >= 4 is 6.01 Å². The number of hydrogen-bond donors (Lipinski definition) is 1. The summed E-state index contributed by atoms with van der Waals surface area (Å²) in [5, 5.41) is 7.45. The first-order valence-electron chi connectivity index (χ1n) is 6.15. The maximum atomic E-state index is 5.28. The molecule has 1 aromatic rings. The number of aromatic nitrogens is 2. The molecule has 16 heavy (non-hydrogen) atoms. The van der Waals surface area contributed by atoms with Gasteiger partial charge in [-0.2, -0.15) is 4.98 Å². The molecular formula is C11H18N4O. The standard InChI is InChI=1S/C11H18N4O/c1-8-13-11(16-14-8)15-7-3-5-10(15)9-4-2-6-12-9/h9-10,12H,2-7H2,1H3. The van der Waals surface area contributed by atoms with Crippen LogP contribution in [0.5, 0.6) is 0 Å². The van der Waals surface area contributed by atoms with Crippen molar-refractivity contribution in [1.82, 2.24) is 15.5 Å². The van der Waals surface area contributed by atoms with Gasteiger partial charge in [0.05, 0.1) is 0 Å². The van der Waals surface area contributed by atoms with Crippen LogP contribution in [0.15, 0.2) is 4.52 Å². The van der Waals surface area contributed by atoms with Gasteiger partial charge in [-0.05, 0) is 39.2 Å². The summed E-state index contributed by atoms with van der Waals surface area (Å²) in [7, 11) is 0. The summed E-state index contributed by atoms with van der Waals surface area (Å²) in [6, 6.07) is 1.85. The van der Waals surface area contributed by atoms with Crippen molar-refractivity contribution in [2.75, 3.05) is 18.0 Å². The molecule has 88 valence electrons. The van der Waals surface area contributed by atoms with E-state index >= 15 is 0 Å². The molecule has 0 aromatic carbocycles. The second-order valence-corrected chi connectivity index (χ2v) is 4.73. The van der Waals surface area contributed by atoms with E-state index in [0.29, 0.717) is 18.1 Å². The molecule has 1 aromatic heterocycles. The Labute approximate surface area is 95.2 Å². The Morgan fingerprint density at radius 2 is 2.31 bits per heavy atom. The van der Waals surface area contributed by atoms with Crippen LogP contribution in [0.1, 0.15) is 31.5 Å². The normalized spacial score (nSPS) is 30.2. The third kappa shape index (κ3) is 1.69. The fraction of sp³-hybridized carbons (Fsp3) is 0.818. The summed E-state index contributed by atoms with van der Waals surface area (Å²) < 4.78 is 5.28. The maximum absolute atomic E-state index is 5.28. The minimum atomic E-state index is 0.544. The van der Waals surface area contributed by atoms with E-state index in [9.17, 15) is 0 Å². The fourth-order valence-electron chi connectivity index (χ4n) is 2.89. The van der Waals surface area contributed by atoms with E-state index in [1.165, 1.54) is 25.7 Å². The Morgan fingerprint density at radius 1 is 1.38 bits per heavy atom. The highest BCUT2D eigenvalue weighted by molar-refractivity contribution is 5.30. The second-order valence-electron chi connectivity index (χ2n) is 4.73. The summed E-state index contributed by atoms with van der Waals surface area (Å²) in [5.74, 6) is 0.722. The molecule has 3 heterocycles. The SMILES string of the molecule is Cc1noc(N2CCCC2C2CCCN2)n1. The molecule has 0 aliphatic carbocycles. The van der Waals surface area contributed by atoms with Crippen molar-refractivity contribution < 1.29 is 4.52 Å². The molecule has 2 aliphatic rings. The predicted molar refractivity (Wildman–Crippen MR) is 60.4 cm³/mol. The first-order valence-corrected chi connectivity index (χ1v) is 6.15. The summed E-state index contributed by atoms with van der Waals surface area (Å²) in [5.41, 5.74) is 0. The van der Waals surface area contributed by atoms with Crippen LogP contribution in [-0.2, 0) is 0 Å². The first-order chi connectivity index (χ1) is 7.84. The minimum Gasteiger partial charge on any atom is -0.320 e. The monoisotopic (exact) mass is 222 g/mol. The van der Waals surface area contributed by atoms with Crippen molar-refractivity contribution in [2.24, 2.45) is 0 Å². The fourth-order valence-corrected chi connectivity index (χ4v) is 2.89. The molecule has 5 heteroatoms. The molecule has 2 saturated heterocycles. The number of rotatable bonds is 2. The predicted octanol–water partition coefficient (Wildman–Crippen LogP) is 1.10. The van der Waals surface area contributed by atoms with Crippen LogP contribution in [0.4, 0.5) is 6.01 Å². The number of nitrogens with one attached hydrogen (secondary N) is 1. The van der Waals surface area contributed by atoms with Gasteiger partial charge in [-0.25, -0.2) is 0 Å². The molecule has 0 bridgehead atoms. The van der Waals surface area contributed by atoms with Crippen LogP contribution in [0.25, 0.3) is 0 Å². The van der Waals surface area contributed by atoms with Crippen LogP contribution in [0, 0.1) is 6.92 Å². The highest BCUT2D eigenvalue weighted by atomic mass is 16.5. The average molecular weight is 222 g/mol. The number of hydrogen-bond acceptors (Lipinski definition) is 5. The van der Waals surface area contributed by atoms with Gasteiger partial charge in [0.15, 0.2) is 5.82 Å². The van der Waals surface area contributed by atoms with Crippen molar-refractivity contribution in [1.29, 1.82) is 0 Å². The van der Waals surface area contributed by atoms with Gasteiger partial charge in [0, 0.05) is 18.6 Å². The Bertz CT molecular complexity index is 359. The van der Waals surface area contributed by atoms with E-state index < -0.39 is 0 Å². The quantitative estimate of drug-likeness (QED) is 0.812. The molecule has 0 amide bonds. The van der Waals surface area contributed by atoms with Crippen LogP contribution in [0.2, 0.25) is 0 Å². The lowest BCUT2D eigenvalue weighted by Gasteiger charge is -2.27. The van der Waals surface area contributed by atoms with Crippen LogP contribution in [-0.4, -0.2) is 35.3 Å². The lowest BCUT2D eigenvalue weighted by molar-refractivity contribution is 0.390. The zero-order valence-corrected chi connectivity index (χ0v) is 9.65. The highest BCUT2D eigenvalue weighted by Crippen LogP contribution is 2.28. The van der Waals surface area contributed by atoms with E-state index in [0.717, 1.165) is 18.9 Å². The molecular weight excluding hydrogens is 204 g/mol. The smallest absolute Gasteiger partial charge is 0.320 e. The molecule has 2 aliphatic heterocycles. The Balaban J connectivity index is 1.78. The van der Waals surface area contributed by atoms with Crippen LogP contribution >= 0.6 is 0 Å². The second kappa shape index (κ2) is 4.05. The summed E-state index contributed by atoms with van der Waals surface area (Å²) in [4.78, 5) is 6.62. The lowest BCUT2D eigenvalue weighted by atomic mass is 10.0. The zero-order chi connectivity index (χ0) is 11.0. The Kier molecular flexibility index (Phi) is 2.55. The number of aryl methyl sites for hydroxylation is 1. The molecule has 5 nitrogen and oxygen atoms in total. The molecule has 0 saturated carbocycles. The van der Waals surface area contributed by atoms with Gasteiger partial charge in [-0.15, -0.1) is 0 Å². The van der Waals surface area contributed by atoms with E-state index in [1.807, 2.05) is 6.92 Å². The molecule has 2 fully saturated rings. The van der Waals surface area contributed by atoms with Crippen LogP contribution < -0.4 is 10.2 Å². The van der Waals surface area contributed by atoms with Gasteiger partial charge in [0.1, 0.15) is 0 Å². The van der Waals surface area contributed by atoms with Crippen molar-refractivity contribution in [3.8, 4) is 0 Å². The highest BCUT2D eigenvalue weighted by Gasteiger charge is 2.35. The molecule has 2 unspecified atom stereocenters. The third-order valence-corrected chi connectivity index (χ3v) is 3.62. The van der Waals surface area contributed by atoms with Crippen molar-refractivity contribution in [3.05, 3.63) is 5.82 Å². The van der Waals surface area contributed by atoms with E-state index in [2.05, 4.69) is 20.4 Å². The molecule has 2 atom stereocenters. The van der Waals surface area contributed by atoms with Gasteiger partial charge in [0.25, 0.3) is 0 Å². The van der Waals surface area contributed by atoms with Gasteiger partial charge >= 0.3 is 6.01 Å². The number of anilines is 1. The third-order valence-electron chi connectivity index (χ3n) is 3.62. The van der Waals surface area contributed by atoms with E-state index in [4.69, 9.17) is 4.52 Å². The lowest BCUT2D eigenvalue weighted by Crippen LogP contribution is -2.44. The molecule has 1 N–H and O–H groups in total. The van der Waals surface area contributed by atoms with E-state index in [1.54, 1.807) is 0 Å². The van der Waals surface area contributed by atoms with Crippen molar-refractivity contribution in [2.45, 2.75) is 44.7 Å². The molecule has 0 radical (unpaired) electrons. The summed E-state index contributed by atoms with van der Waals surface area (Å²) >= 11 is 0. The average Bonchev–Trinajstić information content (AvgIpc) is 2.96.